The van der Waals surface area contributed by atoms with Crippen LogP contribution in [-0.2, 0) is 16.6 Å². The smallest absolute Gasteiger partial charge is 0.243 e. The van der Waals surface area contributed by atoms with Gasteiger partial charge in [0.15, 0.2) is 0 Å². The lowest BCUT2D eigenvalue weighted by atomic mass is 9.88. The molecule has 0 radical (unpaired) electrons. The average Bonchev–Trinajstić information content (AvgIpc) is 3.12. The van der Waals surface area contributed by atoms with Crippen LogP contribution in [0.25, 0.3) is 10.9 Å². The first kappa shape index (κ1) is 23.2. The number of para-hydroxylation sites is 1. The summed E-state index contributed by atoms with van der Waals surface area (Å²) >= 11 is 5.95. The zero-order valence-electron chi connectivity index (χ0n) is 19.5. The van der Waals surface area contributed by atoms with Crippen molar-refractivity contribution in [3.05, 3.63) is 100 Å². The number of benzene rings is 3. The van der Waals surface area contributed by atoms with E-state index in [1.54, 1.807) is 28.6 Å². The number of hydrogen-bond donors (Lipinski definition) is 0. The molecule has 4 nitrogen and oxygen atoms in total. The van der Waals surface area contributed by atoms with Gasteiger partial charge in [-0.15, -0.1) is 0 Å². The van der Waals surface area contributed by atoms with Crippen LogP contribution in [0.3, 0.4) is 0 Å². The van der Waals surface area contributed by atoms with Crippen molar-refractivity contribution in [2.24, 2.45) is 0 Å². The Kier molecular flexibility index (Phi) is 6.28. The van der Waals surface area contributed by atoms with Gasteiger partial charge in [-0.3, -0.25) is 0 Å². The van der Waals surface area contributed by atoms with Crippen LogP contribution < -0.4 is 0 Å². The van der Waals surface area contributed by atoms with Gasteiger partial charge in [-0.1, -0.05) is 54.1 Å². The van der Waals surface area contributed by atoms with Gasteiger partial charge in [0.2, 0.25) is 10.0 Å². The van der Waals surface area contributed by atoms with Gasteiger partial charge in [-0.25, -0.2) is 8.42 Å². The minimum atomic E-state index is -3.51. The molecule has 1 aromatic heterocycles. The molecule has 0 spiro atoms. The first-order chi connectivity index (χ1) is 16.4. The summed E-state index contributed by atoms with van der Waals surface area (Å²) < 4.78 is 30.3. The van der Waals surface area contributed by atoms with Crippen LogP contribution in [0.5, 0.6) is 0 Å². The fraction of sp³-hybridized carbons (Fsp3) is 0.286. The monoisotopic (exact) mass is 492 g/mol. The first-order valence-electron chi connectivity index (χ1n) is 11.7. The third kappa shape index (κ3) is 4.17. The van der Waals surface area contributed by atoms with Crippen LogP contribution >= 0.6 is 11.6 Å². The molecule has 2 heterocycles. The van der Waals surface area contributed by atoms with Gasteiger partial charge in [0.05, 0.1) is 4.90 Å². The Hall–Kier alpha value is -2.60. The maximum absolute atomic E-state index is 13.1. The minimum Gasteiger partial charge on any atom is -0.340 e. The van der Waals surface area contributed by atoms with Gasteiger partial charge in [-0.05, 0) is 79.6 Å². The summed E-state index contributed by atoms with van der Waals surface area (Å²) in [7, 11) is -3.51. The van der Waals surface area contributed by atoms with Crippen LogP contribution in [-0.4, -0.2) is 30.4 Å². The molecule has 0 atom stereocenters. The SMILES string of the molecule is Cc1ccccc1Cn1c(C)c(C2CCN(S(=O)(=O)c3ccc(Cl)cc3)CC2)c2ccccc21. The molecule has 0 aliphatic carbocycles. The van der Waals surface area contributed by atoms with Crippen LogP contribution in [0.4, 0.5) is 0 Å². The van der Waals surface area contributed by atoms with Gasteiger partial charge < -0.3 is 4.57 Å². The van der Waals surface area contributed by atoms with Crippen LogP contribution in [0.2, 0.25) is 5.02 Å². The number of aromatic nitrogens is 1. The summed E-state index contributed by atoms with van der Waals surface area (Å²) in [5.41, 5.74) is 6.51. The van der Waals surface area contributed by atoms with Gasteiger partial charge >= 0.3 is 0 Å². The fourth-order valence-corrected chi connectivity index (χ4v) is 6.87. The average molecular weight is 493 g/mol. The summed E-state index contributed by atoms with van der Waals surface area (Å²) in [6.07, 6.45) is 1.62. The van der Waals surface area contributed by atoms with Crippen LogP contribution in [0.1, 0.15) is 41.1 Å². The van der Waals surface area contributed by atoms with E-state index in [2.05, 4.69) is 66.9 Å². The highest BCUT2D eigenvalue weighted by Gasteiger charge is 2.32. The van der Waals surface area contributed by atoms with Gasteiger partial charge in [0.25, 0.3) is 0 Å². The predicted octanol–water partition coefficient (Wildman–Crippen LogP) is 6.53. The van der Waals surface area contributed by atoms with Gasteiger partial charge in [-0.2, -0.15) is 4.31 Å². The second-order valence-electron chi connectivity index (χ2n) is 9.16. The highest BCUT2D eigenvalue weighted by molar-refractivity contribution is 7.89. The van der Waals surface area contributed by atoms with Gasteiger partial charge in [0, 0.05) is 41.3 Å². The summed E-state index contributed by atoms with van der Waals surface area (Å²) in [5.74, 6) is 0.333. The zero-order chi connectivity index (χ0) is 23.9. The summed E-state index contributed by atoms with van der Waals surface area (Å²) in [5, 5.41) is 1.82. The summed E-state index contributed by atoms with van der Waals surface area (Å²) in [4.78, 5) is 0.307. The Morgan fingerprint density at radius 1 is 0.882 bits per heavy atom. The molecule has 1 saturated heterocycles. The molecule has 1 aliphatic heterocycles. The van der Waals surface area contributed by atoms with Gasteiger partial charge in [0.1, 0.15) is 0 Å². The molecule has 1 aliphatic rings. The first-order valence-corrected chi connectivity index (χ1v) is 13.6. The van der Waals surface area contributed by atoms with Crippen LogP contribution in [0.15, 0.2) is 77.7 Å². The Labute approximate surface area is 206 Å². The van der Waals surface area contributed by atoms with E-state index in [-0.39, 0.29) is 0 Å². The number of piperidine rings is 1. The molecule has 0 bridgehead atoms. The molecular weight excluding hydrogens is 464 g/mol. The number of nitrogens with zero attached hydrogens (tertiary/aromatic N) is 2. The molecular formula is C28H29ClN2O2S. The Morgan fingerprint density at radius 2 is 1.53 bits per heavy atom. The van der Waals surface area contributed by atoms with E-state index in [0.717, 1.165) is 19.4 Å². The van der Waals surface area contributed by atoms with Crippen molar-refractivity contribution in [1.82, 2.24) is 8.87 Å². The minimum absolute atomic E-state index is 0.307. The summed E-state index contributed by atoms with van der Waals surface area (Å²) in [6.45, 7) is 6.25. The van der Waals surface area contributed by atoms with Crippen molar-refractivity contribution in [2.45, 2.75) is 44.0 Å². The standard InChI is InChI=1S/C28H29ClN2O2S/c1-20-7-3-4-8-23(20)19-31-21(2)28(26-9-5-6-10-27(26)31)22-15-17-30(18-16-22)34(32,33)25-13-11-24(29)12-14-25/h3-14,22H,15-19H2,1-2H3. The highest BCUT2D eigenvalue weighted by Crippen LogP contribution is 2.38. The molecule has 176 valence electrons. The number of sulfonamides is 1. The molecule has 1 fully saturated rings. The van der Waals surface area contributed by atoms with Crippen molar-refractivity contribution >= 4 is 32.5 Å². The Balaban J connectivity index is 1.43. The van der Waals surface area contributed by atoms with Crippen molar-refractivity contribution in [2.75, 3.05) is 13.1 Å². The molecule has 3 aromatic carbocycles. The lowest BCUT2D eigenvalue weighted by Crippen LogP contribution is -2.38. The largest absolute Gasteiger partial charge is 0.340 e. The molecule has 0 amide bonds. The fourth-order valence-electron chi connectivity index (χ4n) is 5.28. The Bertz CT molecular complexity index is 1430. The second-order valence-corrected chi connectivity index (χ2v) is 11.5. The lowest BCUT2D eigenvalue weighted by molar-refractivity contribution is 0.319. The quantitative estimate of drug-likeness (QED) is 0.318. The molecule has 0 unspecified atom stereocenters. The van der Waals surface area contributed by atoms with E-state index in [4.69, 9.17) is 11.6 Å². The number of halogens is 1. The number of aryl methyl sites for hydroxylation is 1. The van der Waals surface area contributed by atoms with Crippen molar-refractivity contribution in [3.8, 4) is 0 Å². The predicted molar refractivity (Wildman–Crippen MR) is 139 cm³/mol. The third-order valence-corrected chi connectivity index (χ3v) is 9.35. The van der Waals surface area contributed by atoms with E-state index < -0.39 is 10.0 Å². The van der Waals surface area contributed by atoms with E-state index in [1.807, 2.05) is 0 Å². The summed E-state index contributed by atoms with van der Waals surface area (Å²) in [6, 6.07) is 23.6. The zero-order valence-corrected chi connectivity index (χ0v) is 21.1. The third-order valence-electron chi connectivity index (χ3n) is 7.18. The lowest BCUT2D eigenvalue weighted by Gasteiger charge is -2.31. The molecule has 0 saturated carbocycles. The topological polar surface area (TPSA) is 42.3 Å². The highest BCUT2D eigenvalue weighted by atomic mass is 35.5. The molecule has 5 rings (SSSR count). The van der Waals surface area contributed by atoms with E-state index >= 15 is 0 Å². The maximum atomic E-state index is 13.1. The molecule has 0 N–H and O–H groups in total. The maximum Gasteiger partial charge on any atom is 0.243 e. The van der Waals surface area contributed by atoms with E-state index in [0.29, 0.717) is 28.9 Å². The Morgan fingerprint density at radius 3 is 2.24 bits per heavy atom. The van der Waals surface area contributed by atoms with Crippen molar-refractivity contribution in [3.63, 3.8) is 0 Å². The van der Waals surface area contributed by atoms with Crippen molar-refractivity contribution in [1.29, 1.82) is 0 Å². The van der Waals surface area contributed by atoms with E-state index in [1.165, 1.54) is 33.3 Å². The second kappa shape index (κ2) is 9.21. The molecule has 6 heteroatoms. The number of rotatable bonds is 5. The normalized spacial score (nSPS) is 15.7. The van der Waals surface area contributed by atoms with Crippen LogP contribution in [0, 0.1) is 13.8 Å². The number of hydrogen-bond acceptors (Lipinski definition) is 2. The van der Waals surface area contributed by atoms with E-state index in [9.17, 15) is 8.42 Å². The van der Waals surface area contributed by atoms with Crippen molar-refractivity contribution < 1.29 is 8.42 Å². The molecule has 34 heavy (non-hydrogen) atoms. The number of fused-ring (bicyclic) bond motifs is 1. The molecule has 4 aromatic rings.